The van der Waals surface area contributed by atoms with Gasteiger partial charge in [-0.15, -0.1) is 0 Å². The fourth-order valence-corrected chi connectivity index (χ4v) is 1.70. The number of alkyl halides is 3. The highest BCUT2D eigenvalue weighted by Gasteiger charge is 2.29. The summed E-state index contributed by atoms with van der Waals surface area (Å²) in [5, 5.41) is 0. The van der Waals surface area contributed by atoms with E-state index >= 15 is 0 Å². The molecule has 0 fully saturated rings. The van der Waals surface area contributed by atoms with Crippen LogP contribution in [0.4, 0.5) is 8.78 Å². The number of aromatic nitrogens is 2. The van der Waals surface area contributed by atoms with Crippen LogP contribution in [-0.2, 0) is 4.05 Å². The molecule has 0 spiro atoms. The third-order valence-electron chi connectivity index (χ3n) is 1.95. The van der Waals surface area contributed by atoms with Crippen LogP contribution in [0.2, 0.25) is 0 Å². The number of nitrogens with zero attached hydrogens (tertiary/aromatic N) is 2. The molecule has 0 N–H and O–H groups in total. The third kappa shape index (κ3) is 2.17. The Balaban J connectivity index is 2.51. The number of benzene rings is 1. The zero-order valence-corrected chi connectivity index (χ0v) is 9.73. The highest BCUT2D eigenvalue weighted by Crippen LogP contribution is 2.33. The Morgan fingerprint density at radius 1 is 1.20 bits per heavy atom. The van der Waals surface area contributed by atoms with Gasteiger partial charge in [-0.2, -0.15) is 8.78 Å². The normalized spacial score (nSPS) is 11.7. The minimum Gasteiger partial charge on any atom is -0.262 e. The summed E-state index contributed by atoms with van der Waals surface area (Å²) < 4.78 is 24.2. The van der Waals surface area contributed by atoms with Crippen molar-refractivity contribution in [2.75, 3.05) is 0 Å². The number of halogens is 3. The van der Waals surface area contributed by atoms with Gasteiger partial charge in [0.05, 0.1) is 0 Å². The zero-order chi connectivity index (χ0) is 10.9. The number of imidazole rings is 1. The molecule has 1 aromatic heterocycles. The molecular weight excluding hydrogens is 313 g/mol. The molecule has 2 rings (SSSR count). The largest absolute Gasteiger partial charge is 0.381 e. The van der Waals surface area contributed by atoms with Crippen LogP contribution in [0.3, 0.4) is 0 Å². The van der Waals surface area contributed by atoms with Gasteiger partial charge >= 0.3 is 4.05 Å². The van der Waals surface area contributed by atoms with Crippen molar-refractivity contribution in [3.05, 3.63) is 42.7 Å². The van der Waals surface area contributed by atoms with Gasteiger partial charge in [0.1, 0.15) is 5.82 Å². The Kier molecular flexibility index (Phi) is 2.72. The van der Waals surface area contributed by atoms with Crippen molar-refractivity contribution in [3.8, 4) is 11.4 Å². The van der Waals surface area contributed by atoms with Crippen molar-refractivity contribution in [1.82, 2.24) is 9.55 Å². The van der Waals surface area contributed by atoms with Crippen molar-refractivity contribution in [2.24, 2.45) is 0 Å². The number of hydrogen-bond donors (Lipinski definition) is 0. The first-order valence-electron chi connectivity index (χ1n) is 4.25. The number of hydrogen-bond acceptors (Lipinski definition) is 1. The zero-order valence-electron chi connectivity index (χ0n) is 7.57. The summed E-state index contributed by atoms with van der Waals surface area (Å²) in [6.45, 7) is 0. The first-order chi connectivity index (χ1) is 7.09. The molecule has 2 nitrogen and oxygen atoms in total. The number of rotatable bonds is 2. The van der Waals surface area contributed by atoms with Gasteiger partial charge in [0, 0.05) is 40.5 Å². The molecule has 0 saturated carbocycles. The topological polar surface area (TPSA) is 17.8 Å². The van der Waals surface area contributed by atoms with Gasteiger partial charge in [-0.25, -0.2) is 4.98 Å². The smallest absolute Gasteiger partial charge is 0.262 e. The fourth-order valence-electron chi connectivity index (χ4n) is 1.31. The maximum atomic E-state index is 13.1. The van der Waals surface area contributed by atoms with Crippen LogP contribution in [0.5, 0.6) is 0 Å². The second-order valence-corrected chi connectivity index (χ2v) is 4.25. The van der Waals surface area contributed by atoms with Crippen molar-refractivity contribution in [3.63, 3.8) is 0 Å². The lowest BCUT2D eigenvalue weighted by Gasteiger charge is -2.13. The molecule has 0 saturated heterocycles. The quantitative estimate of drug-likeness (QED) is 0.612. The Labute approximate surface area is 99.1 Å². The van der Waals surface area contributed by atoms with Crippen LogP contribution in [0.25, 0.3) is 11.4 Å². The predicted octanol–water partition coefficient (Wildman–Crippen LogP) is 3.49. The van der Waals surface area contributed by atoms with E-state index in [1.807, 2.05) is 6.07 Å². The van der Waals surface area contributed by atoms with Gasteiger partial charge in [-0.1, -0.05) is 30.3 Å². The molecule has 15 heavy (non-hydrogen) atoms. The van der Waals surface area contributed by atoms with E-state index in [1.165, 1.54) is 12.4 Å². The maximum Gasteiger partial charge on any atom is 0.381 e. The van der Waals surface area contributed by atoms with Crippen LogP contribution in [0.15, 0.2) is 42.7 Å². The van der Waals surface area contributed by atoms with Crippen LogP contribution in [0.1, 0.15) is 0 Å². The molecule has 0 aliphatic rings. The fraction of sp³-hybridized carbons (Fsp3) is 0.100. The monoisotopic (exact) mass is 320 g/mol. The Hall–Kier alpha value is -0.980. The summed E-state index contributed by atoms with van der Waals surface area (Å²) in [4.78, 5) is 3.93. The summed E-state index contributed by atoms with van der Waals surface area (Å²) in [5.74, 6) is 0.273. The van der Waals surface area contributed by atoms with Gasteiger partial charge in [-0.05, 0) is 0 Å². The van der Waals surface area contributed by atoms with Crippen LogP contribution >= 0.6 is 22.6 Å². The SMILES string of the molecule is FC(F)(I)n1ccnc1-c1ccccc1. The van der Waals surface area contributed by atoms with E-state index in [2.05, 4.69) is 4.98 Å². The molecule has 0 unspecified atom stereocenters. The summed E-state index contributed by atoms with van der Waals surface area (Å²) in [6, 6.07) is 8.92. The average Bonchev–Trinajstić information content (AvgIpc) is 2.67. The van der Waals surface area contributed by atoms with E-state index < -0.39 is 4.05 Å². The summed E-state index contributed by atoms with van der Waals surface area (Å²) >= 11 is 1.08. The Bertz CT molecular complexity index is 448. The second-order valence-electron chi connectivity index (χ2n) is 2.95. The van der Waals surface area contributed by atoms with E-state index in [9.17, 15) is 8.78 Å². The highest BCUT2D eigenvalue weighted by atomic mass is 127. The third-order valence-corrected chi connectivity index (χ3v) is 2.47. The first kappa shape index (κ1) is 10.5. The first-order valence-corrected chi connectivity index (χ1v) is 5.33. The lowest BCUT2D eigenvalue weighted by Crippen LogP contribution is -2.14. The van der Waals surface area contributed by atoms with Gasteiger partial charge in [0.15, 0.2) is 0 Å². The predicted molar refractivity (Wildman–Crippen MR) is 61.9 cm³/mol. The van der Waals surface area contributed by atoms with Gasteiger partial charge in [-0.3, -0.25) is 4.57 Å². The molecule has 0 atom stereocenters. The van der Waals surface area contributed by atoms with Gasteiger partial charge < -0.3 is 0 Å². The molecule has 0 aliphatic heterocycles. The Morgan fingerprint density at radius 2 is 1.87 bits per heavy atom. The molecule has 78 valence electrons. The minimum absolute atomic E-state index is 0.273. The summed E-state index contributed by atoms with van der Waals surface area (Å²) in [6.07, 6.45) is 2.64. The van der Waals surface area contributed by atoms with Gasteiger partial charge in [0.25, 0.3) is 0 Å². The molecular formula is C10H7F2IN2. The molecule has 1 heterocycles. The molecule has 2 aromatic rings. The van der Waals surface area contributed by atoms with Crippen LogP contribution < -0.4 is 0 Å². The molecule has 5 heteroatoms. The van der Waals surface area contributed by atoms with E-state index in [0.29, 0.717) is 5.56 Å². The van der Waals surface area contributed by atoms with E-state index in [0.717, 1.165) is 27.2 Å². The van der Waals surface area contributed by atoms with Crippen LogP contribution in [0, 0.1) is 0 Å². The minimum atomic E-state index is -2.96. The second kappa shape index (κ2) is 3.88. The van der Waals surface area contributed by atoms with E-state index in [-0.39, 0.29) is 5.82 Å². The molecule has 1 aromatic carbocycles. The average molecular weight is 320 g/mol. The van der Waals surface area contributed by atoms with E-state index in [1.54, 1.807) is 24.3 Å². The van der Waals surface area contributed by atoms with Crippen LogP contribution in [-0.4, -0.2) is 9.55 Å². The maximum absolute atomic E-state index is 13.1. The lowest BCUT2D eigenvalue weighted by molar-refractivity contribution is 0.0478. The summed E-state index contributed by atoms with van der Waals surface area (Å²) in [5.41, 5.74) is 0.679. The lowest BCUT2D eigenvalue weighted by atomic mass is 10.2. The van der Waals surface area contributed by atoms with Gasteiger partial charge in [0.2, 0.25) is 0 Å². The van der Waals surface area contributed by atoms with Crippen molar-refractivity contribution in [1.29, 1.82) is 0 Å². The standard InChI is InChI=1S/C10H7F2IN2/c11-10(12,13)15-7-6-14-9(15)8-4-2-1-3-5-8/h1-7H. The Morgan fingerprint density at radius 3 is 2.47 bits per heavy atom. The van der Waals surface area contributed by atoms with Crippen molar-refractivity contribution >= 4 is 22.6 Å². The highest BCUT2D eigenvalue weighted by molar-refractivity contribution is 14.1. The van der Waals surface area contributed by atoms with Crippen molar-refractivity contribution in [2.45, 2.75) is 4.05 Å². The summed E-state index contributed by atoms with van der Waals surface area (Å²) in [7, 11) is 0. The van der Waals surface area contributed by atoms with E-state index in [4.69, 9.17) is 0 Å². The molecule has 0 amide bonds. The van der Waals surface area contributed by atoms with Crippen molar-refractivity contribution < 1.29 is 8.78 Å². The molecule has 0 radical (unpaired) electrons. The molecule has 0 bridgehead atoms. The molecule has 0 aliphatic carbocycles.